The van der Waals surface area contributed by atoms with Crippen LogP contribution in [0.5, 0.6) is 0 Å². The number of aromatic amines is 1. The van der Waals surface area contributed by atoms with Crippen LogP contribution >= 0.6 is 0 Å². The van der Waals surface area contributed by atoms with E-state index in [4.69, 9.17) is 5.11 Å². The van der Waals surface area contributed by atoms with E-state index in [9.17, 15) is 14.4 Å². The number of H-pyrrole nitrogens is 1. The summed E-state index contributed by atoms with van der Waals surface area (Å²) in [6.45, 7) is 7.36. The van der Waals surface area contributed by atoms with Crippen LogP contribution in [-0.2, 0) is 22.4 Å². The van der Waals surface area contributed by atoms with Gasteiger partial charge in [0.05, 0.1) is 0 Å². The lowest BCUT2D eigenvalue weighted by Crippen LogP contribution is -2.51. The van der Waals surface area contributed by atoms with Crippen LogP contribution in [0, 0.1) is 13.8 Å². The maximum Gasteiger partial charge on any atom is 0.325 e. The minimum atomic E-state index is -1.14. The first-order valence-corrected chi connectivity index (χ1v) is 14.8. The second kappa shape index (κ2) is 14.8. The molecule has 0 saturated heterocycles. The Bertz CT molecular complexity index is 1710. The van der Waals surface area contributed by atoms with E-state index in [-0.39, 0.29) is 12.3 Å². The van der Waals surface area contributed by atoms with Gasteiger partial charge in [-0.3, -0.25) is 14.4 Å². The molecule has 0 aliphatic heterocycles. The lowest BCUT2D eigenvalue weighted by molar-refractivity contribution is -0.141. The molecule has 2 unspecified atom stereocenters. The predicted molar refractivity (Wildman–Crippen MR) is 176 cm³/mol. The minimum absolute atomic E-state index is 0.226. The van der Waals surface area contributed by atoms with Crippen molar-refractivity contribution in [3.8, 4) is 11.1 Å². The first-order chi connectivity index (χ1) is 21.1. The summed E-state index contributed by atoms with van der Waals surface area (Å²) in [4.78, 5) is 40.2. The number of carboxylic acid groups (broad SMARTS) is 1. The molecule has 5 aromatic rings. The third-order valence-corrected chi connectivity index (χ3v) is 7.39. The standard InChI is InChI=1S/C27H28N2O4.C10H11N/c1-17-13-18(2)15-23(14-17)25(30)29-24(26(31)28-19(3)27(32)33)16-20-9-11-22(12-10-20)21-7-5-4-6-8-21;1-2-8-7-11-10-6-4-3-5-9(8)10/h4-15,19,24H,16H2,1-3H3,(H,28,31)(H,29,30)(H,32,33);3-7,11H,2H2,1H3. The fourth-order valence-corrected chi connectivity index (χ4v) is 5.06. The highest BCUT2D eigenvalue weighted by Gasteiger charge is 2.25. The monoisotopic (exact) mass is 589 g/mol. The number of carbonyl (C=O) groups excluding carboxylic acids is 2. The van der Waals surface area contributed by atoms with Crippen molar-refractivity contribution in [1.29, 1.82) is 0 Å². The van der Waals surface area contributed by atoms with Crippen molar-refractivity contribution in [2.45, 2.75) is 52.6 Å². The summed E-state index contributed by atoms with van der Waals surface area (Å²) in [5, 5.41) is 15.8. The van der Waals surface area contributed by atoms with Crippen LogP contribution in [0.1, 0.15) is 46.5 Å². The smallest absolute Gasteiger partial charge is 0.325 e. The molecule has 0 radical (unpaired) electrons. The highest BCUT2D eigenvalue weighted by Crippen LogP contribution is 2.20. The molecule has 1 aromatic heterocycles. The Kier molecular flexibility index (Phi) is 10.7. The van der Waals surface area contributed by atoms with Crippen molar-refractivity contribution in [3.05, 3.63) is 131 Å². The van der Waals surface area contributed by atoms with Gasteiger partial charge >= 0.3 is 5.97 Å². The van der Waals surface area contributed by atoms with Gasteiger partial charge in [-0.25, -0.2) is 0 Å². The Morgan fingerprint density at radius 1 is 0.795 bits per heavy atom. The number of amides is 2. The number of carboxylic acids is 1. The average Bonchev–Trinajstić information content (AvgIpc) is 3.44. The molecule has 7 heteroatoms. The Morgan fingerprint density at radius 3 is 2.05 bits per heavy atom. The van der Waals surface area contributed by atoms with Gasteiger partial charge in [-0.1, -0.05) is 96.9 Å². The molecule has 0 aliphatic carbocycles. The molecule has 2 amide bonds. The highest BCUT2D eigenvalue weighted by atomic mass is 16.4. The normalized spacial score (nSPS) is 12.0. The fourth-order valence-electron chi connectivity index (χ4n) is 5.06. The first kappa shape index (κ1) is 31.8. The lowest BCUT2D eigenvalue weighted by Gasteiger charge is -2.20. The van der Waals surface area contributed by atoms with Gasteiger partial charge in [0.1, 0.15) is 12.1 Å². The molecule has 0 fully saturated rings. The van der Waals surface area contributed by atoms with Gasteiger partial charge in [0, 0.05) is 29.1 Å². The van der Waals surface area contributed by atoms with Crippen LogP contribution in [0.4, 0.5) is 0 Å². The Hall–Kier alpha value is -5.17. The van der Waals surface area contributed by atoms with Crippen molar-refractivity contribution in [2.75, 3.05) is 0 Å². The maximum absolute atomic E-state index is 12.9. The van der Waals surface area contributed by atoms with E-state index in [1.54, 1.807) is 12.1 Å². The number of carbonyl (C=O) groups is 3. The molecule has 2 atom stereocenters. The third-order valence-electron chi connectivity index (χ3n) is 7.39. The highest BCUT2D eigenvalue weighted by molar-refractivity contribution is 5.98. The minimum Gasteiger partial charge on any atom is -0.480 e. The number of aliphatic carboxylic acids is 1. The Balaban J connectivity index is 0.000000333. The Labute approximate surface area is 258 Å². The van der Waals surface area contributed by atoms with E-state index in [2.05, 4.69) is 53.0 Å². The zero-order valence-electron chi connectivity index (χ0n) is 25.6. The average molecular weight is 590 g/mol. The molecule has 1 heterocycles. The van der Waals surface area contributed by atoms with Crippen molar-refractivity contribution < 1.29 is 19.5 Å². The van der Waals surface area contributed by atoms with E-state index in [1.165, 1.54) is 23.4 Å². The molecular weight excluding hydrogens is 550 g/mol. The van der Waals surface area contributed by atoms with Crippen LogP contribution < -0.4 is 10.6 Å². The van der Waals surface area contributed by atoms with Gasteiger partial charge in [0.25, 0.3) is 5.91 Å². The van der Waals surface area contributed by atoms with Crippen molar-refractivity contribution in [1.82, 2.24) is 15.6 Å². The number of aromatic nitrogens is 1. The van der Waals surface area contributed by atoms with Crippen molar-refractivity contribution >= 4 is 28.7 Å². The van der Waals surface area contributed by atoms with Gasteiger partial charge in [0.15, 0.2) is 0 Å². The van der Waals surface area contributed by atoms with E-state index >= 15 is 0 Å². The topological polar surface area (TPSA) is 111 Å². The van der Waals surface area contributed by atoms with E-state index in [1.807, 2.05) is 74.5 Å². The van der Waals surface area contributed by atoms with Gasteiger partial charge in [-0.2, -0.15) is 0 Å². The van der Waals surface area contributed by atoms with Crippen LogP contribution in [-0.4, -0.2) is 40.0 Å². The molecule has 7 nitrogen and oxygen atoms in total. The van der Waals surface area contributed by atoms with E-state index in [0.29, 0.717) is 5.56 Å². The number of hydrogen-bond donors (Lipinski definition) is 4. The molecule has 44 heavy (non-hydrogen) atoms. The second-order valence-electron chi connectivity index (χ2n) is 11.0. The molecule has 0 aliphatic rings. The molecular formula is C37H39N3O4. The van der Waals surface area contributed by atoms with Crippen LogP contribution in [0.2, 0.25) is 0 Å². The third kappa shape index (κ3) is 8.44. The second-order valence-corrected chi connectivity index (χ2v) is 11.0. The fraction of sp³-hybridized carbons (Fsp3) is 0.216. The molecule has 0 spiro atoms. The summed E-state index contributed by atoms with van der Waals surface area (Å²) in [5.74, 6) is -2.07. The molecule has 4 N–H and O–H groups in total. The quantitative estimate of drug-likeness (QED) is 0.155. The maximum atomic E-state index is 12.9. The summed E-state index contributed by atoms with van der Waals surface area (Å²) in [6, 6.07) is 29.5. The first-order valence-electron chi connectivity index (χ1n) is 14.8. The molecule has 226 valence electrons. The number of nitrogens with one attached hydrogen (secondary N) is 3. The van der Waals surface area contributed by atoms with Crippen LogP contribution in [0.3, 0.4) is 0 Å². The van der Waals surface area contributed by atoms with Crippen LogP contribution in [0.25, 0.3) is 22.0 Å². The van der Waals surface area contributed by atoms with E-state index in [0.717, 1.165) is 34.2 Å². The molecule has 5 rings (SSSR count). The van der Waals surface area contributed by atoms with Gasteiger partial charge in [0.2, 0.25) is 5.91 Å². The number of benzene rings is 4. The number of rotatable bonds is 9. The summed E-state index contributed by atoms with van der Waals surface area (Å²) in [6.07, 6.45) is 3.42. The zero-order valence-corrected chi connectivity index (χ0v) is 25.6. The lowest BCUT2D eigenvalue weighted by atomic mass is 9.99. The number of aryl methyl sites for hydroxylation is 3. The molecule has 0 bridgehead atoms. The van der Waals surface area contributed by atoms with Crippen LogP contribution in [0.15, 0.2) is 103 Å². The predicted octanol–water partition coefficient (Wildman–Crippen LogP) is 6.63. The van der Waals surface area contributed by atoms with Gasteiger partial charge < -0.3 is 20.7 Å². The molecule has 4 aromatic carbocycles. The SMILES string of the molecule is CCc1c[nH]c2ccccc12.Cc1cc(C)cc(C(=O)NC(Cc2ccc(-c3ccccc3)cc2)C(=O)NC(C)C(=O)O)c1. The molecule has 0 saturated carbocycles. The van der Waals surface area contributed by atoms with Crippen molar-refractivity contribution in [2.24, 2.45) is 0 Å². The number of para-hydroxylation sites is 1. The summed E-state index contributed by atoms with van der Waals surface area (Å²) in [5.41, 5.74) is 7.95. The zero-order chi connectivity index (χ0) is 31.6. The summed E-state index contributed by atoms with van der Waals surface area (Å²) < 4.78 is 0. The van der Waals surface area contributed by atoms with Gasteiger partial charge in [-0.15, -0.1) is 0 Å². The largest absolute Gasteiger partial charge is 0.480 e. The summed E-state index contributed by atoms with van der Waals surface area (Å²) in [7, 11) is 0. The Morgan fingerprint density at radius 2 is 1.41 bits per heavy atom. The van der Waals surface area contributed by atoms with Crippen molar-refractivity contribution in [3.63, 3.8) is 0 Å². The van der Waals surface area contributed by atoms with Gasteiger partial charge in [-0.05, 0) is 67.6 Å². The summed E-state index contributed by atoms with van der Waals surface area (Å²) >= 11 is 0. The number of hydrogen-bond acceptors (Lipinski definition) is 3. The van der Waals surface area contributed by atoms with E-state index < -0.39 is 24.0 Å². The number of fused-ring (bicyclic) bond motifs is 1.